The molecule has 6 heteroatoms. The largest absolute Gasteiger partial charge is 0.345 e. The quantitative estimate of drug-likeness (QED) is 0.796. The van der Waals surface area contributed by atoms with Gasteiger partial charge in [-0.1, -0.05) is 17.3 Å². The minimum Gasteiger partial charge on any atom is -0.345 e. The van der Waals surface area contributed by atoms with E-state index in [9.17, 15) is 4.79 Å². The van der Waals surface area contributed by atoms with Crippen molar-refractivity contribution in [2.24, 2.45) is 0 Å². The summed E-state index contributed by atoms with van der Waals surface area (Å²) >= 11 is 0. The average Bonchev–Trinajstić information content (AvgIpc) is 3.21. The molecule has 1 aromatic carbocycles. The zero-order valence-electron chi connectivity index (χ0n) is 14.1. The Balaban J connectivity index is 1.55. The highest BCUT2D eigenvalue weighted by atomic mass is 16.5. The van der Waals surface area contributed by atoms with E-state index in [1.165, 1.54) is 5.56 Å². The Bertz CT molecular complexity index is 948. The molecular formula is C19H18N4O2. The normalized spacial score (nSPS) is 15.8. The number of benzene rings is 1. The van der Waals surface area contributed by atoms with Crippen molar-refractivity contribution >= 4 is 5.91 Å². The van der Waals surface area contributed by atoms with E-state index >= 15 is 0 Å². The van der Waals surface area contributed by atoms with Crippen molar-refractivity contribution in [3.05, 3.63) is 64.8 Å². The van der Waals surface area contributed by atoms with Crippen LogP contribution in [0.1, 0.15) is 45.5 Å². The number of nitrogens with zero attached hydrogens (tertiary/aromatic N) is 3. The number of fused-ring (bicyclic) bond motifs is 1. The van der Waals surface area contributed by atoms with Gasteiger partial charge in [0.15, 0.2) is 0 Å². The van der Waals surface area contributed by atoms with Gasteiger partial charge in [0.05, 0.1) is 6.04 Å². The number of hydrogen-bond donors (Lipinski definition) is 1. The summed E-state index contributed by atoms with van der Waals surface area (Å²) in [6.45, 7) is 3.65. The Kier molecular flexibility index (Phi) is 3.80. The number of aromatic nitrogens is 3. The number of nitrogens with one attached hydrogen (secondary N) is 1. The van der Waals surface area contributed by atoms with E-state index in [0.717, 1.165) is 29.7 Å². The van der Waals surface area contributed by atoms with E-state index in [0.29, 0.717) is 17.3 Å². The summed E-state index contributed by atoms with van der Waals surface area (Å²) in [5.41, 5.74) is 4.78. The van der Waals surface area contributed by atoms with Gasteiger partial charge in [0.2, 0.25) is 11.7 Å². The molecule has 0 spiro atoms. The van der Waals surface area contributed by atoms with Gasteiger partial charge in [-0.3, -0.25) is 9.78 Å². The van der Waals surface area contributed by atoms with Crippen LogP contribution >= 0.6 is 0 Å². The molecule has 3 aromatic rings. The van der Waals surface area contributed by atoms with Gasteiger partial charge in [-0.25, -0.2) is 0 Å². The van der Waals surface area contributed by atoms with Gasteiger partial charge in [-0.15, -0.1) is 0 Å². The Hall–Kier alpha value is -3.02. The lowest BCUT2D eigenvalue weighted by molar-refractivity contribution is 0.0936. The Morgan fingerprint density at radius 2 is 2.12 bits per heavy atom. The molecule has 0 unspecified atom stereocenters. The molecule has 25 heavy (non-hydrogen) atoms. The molecule has 0 fully saturated rings. The first kappa shape index (κ1) is 15.5. The predicted octanol–water partition coefficient (Wildman–Crippen LogP) is 3.17. The van der Waals surface area contributed by atoms with Gasteiger partial charge in [-0.2, -0.15) is 4.98 Å². The van der Waals surface area contributed by atoms with E-state index in [4.69, 9.17) is 4.52 Å². The molecule has 1 atom stereocenters. The zero-order chi connectivity index (χ0) is 17.4. The topological polar surface area (TPSA) is 80.9 Å². The van der Waals surface area contributed by atoms with Crippen molar-refractivity contribution in [3.63, 3.8) is 0 Å². The molecule has 0 saturated heterocycles. The van der Waals surface area contributed by atoms with E-state index in [1.54, 1.807) is 25.3 Å². The molecule has 1 aliphatic carbocycles. The summed E-state index contributed by atoms with van der Waals surface area (Å²) in [7, 11) is 0. The number of hydrogen-bond acceptors (Lipinski definition) is 5. The van der Waals surface area contributed by atoms with E-state index in [2.05, 4.69) is 26.5 Å². The lowest BCUT2D eigenvalue weighted by Crippen LogP contribution is -2.27. The van der Waals surface area contributed by atoms with Crippen LogP contribution in [0.5, 0.6) is 0 Å². The van der Waals surface area contributed by atoms with Crippen LogP contribution in [-0.2, 0) is 6.42 Å². The Labute approximate surface area is 145 Å². The van der Waals surface area contributed by atoms with Crippen molar-refractivity contribution in [1.82, 2.24) is 20.4 Å². The molecular weight excluding hydrogens is 316 g/mol. The van der Waals surface area contributed by atoms with E-state index in [1.807, 2.05) is 19.1 Å². The number of carbonyl (C=O) groups is 1. The lowest BCUT2D eigenvalue weighted by atomic mass is 10.0. The van der Waals surface area contributed by atoms with Gasteiger partial charge in [0.25, 0.3) is 5.91 Å². The third-order valence-electron chi connectivity index (χ3n) is 4.47. The fraction of sp³-hybridized carbons (Fsp3) is 0.263. The van der Waals surface area contributed by atoms with Crippen molar-refractivity contribution in [3.8, 4) is 11.4 Å². The second kappa shape index (κ2) is 6.12. The average molecular weight is 334 g/mol. The molecule has 1 N–H and O–H groups in total. The van der Waals surface area contributed by atoms with Crippen molar-refractivity contribution in [2.75, 3.05) is 0 Å². The monoisotopic (exact) mass is 334 g/mol. The SMILES string of the molecule is Cc1cc(C(=O)N[C@@H]2CCc3cc(-c4noc(C)n4)ccc32)ccn1. The standard InChI is InChI=1S/C19H18N4O2/c1-11-9-15(7-8-20-11)19(24)22-17-6-4-13-10-14(3-5-16(13)17)18-21-12(2)25-23-18/h3,5,7-10,17H,4,6H2,1-2H3,(H,22,24)/t17-/m1/s1. The molecule has 0 saturated carbocycles. The maximum absolute atomic E-state index is 12.5. The maximum Gasteiger partial charge on any atom is 0.251 e. The number of pyridine rings is 1. The van der Waals surface area contributed by atoms with Crippen LogP contribution in [0.4, 0.5) is 0 Å². The van der Waals surface area contributed by atoms with Crippen LogP contribution in [0.3, 0.4) is 0 Å². The van der Waals surface area contributed by atoms with E-state index in [-0.39, 0.29) is 11.9 Å². The number of aryl methyl sites for hydroxylation is 3. The minimum atomic E-state index is -0.0683. The van der Waals surface area contributed by atoms with Crippen LogP contribution in [0, 0.1) is 13.8 Å². The highest BCUT2D eigenvalue weighted by Crippen LogP contribution is 2.33. The summed E-state index contributed by atoms with van der Waals surface area (Å²) in [6, 6.07) is 9.67. The molecule has 1 amide bonds. The molecule has 0 bridgehead atoms. The highest BCUT2D eigenvalue weighted by Gasteiger charge is 2.25. The molecule has 2 aromatic heterocycles. The van der Waals surface area contributed by atoms with Crippen LogP contribution in [0.15, 0.2) is 41.1 Å². The van der Waals surface area contributed by atoms with Gasteiger partial charge >= 0.3 is 0 Å². The van der Waals surface area contributed by atoms with Crippen LogP contribution < -0.4 is 5.32 Å². The molecule has 1 aliphatic rings. The Morgan fingerprint density at radius 1 is 1.24 bits per heavy atom. The fourth-order valence-electron chi connectivity index (χ4n) is 3.25. The first-order chi connectivity index (χ1) is 12.1. The van der Waals surface area contributed by atoms with Crippen LogP contribution in [0.2, 0.25) is 0 Å². The summed E-state index contributed by atoms with van der Waals surface area (Å²) < 4.78 is 5.05. The van der Waals surface area contributed by atoms with Crippen molar-refractivity contribution in [2.45, 2.75) is 32.7 Å². The zero-order valence-corrected chi connectivity index (χ0v) is 14.1. The second-order valence-electron chi connectivity index (χ2n) is 6.30. The molecule has 4 rings (SSSR count). The highest BCUT2D eigenvalue weighted by molar-refractivity contribution is 5.94. The maximum atomic E-state index is 12.5. The predicted molar refractivity (Wildman–Crippen MR) is 92.0 cm³/mol. The van der Waals surface area contributed by atoms with Crippen molar-refractivity contribution < 1.29 is 9.32 Å². The number of rotatable bonds is 3. The molecule has 6 nitrogen and oxygen atoms in total. The molecule has 2 heterocycles. The summed E-state index contributed by atoms with van der Waals surface area (Å²) in [5, 5.41) is 7.09. The summed E-state index contributed by atoms with van der Waals surface area (Å²) in [6.07, 6.45) is 3.46. The third-order valence-corrected chi connectivity index (χ3v) is 4.47. The smallest absolute Gasteiger partial charge is 0.251 e. The fourth-order valence-corrected chi connectivity index (χ4v) is 3.25. The van der Waals surface area contributed by atoms with E-state index < -0.39 is 0 Å². The number of carbonyl (C=O) groups excluding carboxylic acids is 1. The first-order valence-corrected chi connectivity index (χ1v) is 8.27. The summed E-state index contributed by atoms with van der Waals surface area (Å²) in [4.78, 5) is 20.9. The van der Waals surface area contributed by atoms with Gasteiger partial charge in [-0.05, 0) is 49.1 Å². The molecule has 126 valence electrons. The third kappa shape index (κ3) is 3.03. The Morgan fingerprint density at radius 3 is 2.88 bits per heavy atom. The van der Waals surface area contributed by atoms with Crippen molar-refractivity contribution in [1.29, 1.82) is 0 Å². The molecule has 0 aliphatic heterocycles. The second-order valence-corrected chi connectivity index (χ2v) is 6.30. The first-order valence-electron chi connectivity index (χ1n) is 8.27. The number of amides is 1. The van der Waals surface area contributed by atoms with Crippen LogP contribution in [0.25, 0.3) is 11.4 Å². The molecule has 0 radical (unpaired) electrons. The minimum absolute atomic E-state index is 0.0250. The van der Waals surface area contributed by atoms with Gasteiger partial charge < -0.3 is 9.84 Å². The summed E-state index contributed by atoms with van der Waals surface area (Å²) in [5.74, 6) is 1.08. The van der Waals surface area contributed by atoms with Crippen LogP contribution in [-0.4, -0.2) is 21.0 Å². The van der Waals surface area contributed by atoms with Gasteiger partial charge in [0.1, 0.15) is 0 Å². The van der Waals surface area contributed by atoms with Gasteiger partial charge in [0, 0.05) is 29.9 Å². The lowest BCUT2D eigenvalue weighted by Gasteiger charge is -2.14.